The molecule has 0 radical (unpaired) electrons. The van der Waals surface area contributed by atoms with Crippen molar-refractivity contribution in [1.29, 1.82) is 0 Å². The molecule has 0 unspecified atom stereocenters. The Morgan fingerprint density at radius 1 is 1.24 bits per heavy atom. The van der Waals surface area contributed by atoms with Gasteiger partial charge in [-0.3, -0.25) is 4.79 Å². The molecule has 0 spiro atoms. The van der Waals surface area contributed by atoms with Crippen LogP contribution >= 0.6 is 0 Å². The maximum Gasteiger partial charge on any atom is 0.231 e. The lowest BCUT2D eigenvalue weighted by molar-refractivity contribution is -0.125. The molecule has 1 fully saturated rings. The zero-order valence-corrected chi connectivity index (χ0v) is 17.1. The minimum atomic E-state index is 0.00506. The molecule has 7 nitrogen and oxygen atoms in total. The average Bonchev–Trinajstić information content (AvgIpc) is 3.06. The van der Waals surface area contributed by atoms with Gasteiger partial charge in [-0.05, 0) is 32.8 Å². The van der Waals surface area contributed by atoms with Gasteiger partial charge in [-0.2, -0.15) is 0 Å². The maximum absolute atomic E-state index is 12.7. The Balaban J connectivity index is 1.39. The van der Waals surface area contributed by atoms with Crippen LogP contribution in [0.2, 0.25) is 0 Å². The second kappa shape index (κ2) is 8.11. The van der Waals surface area contributed by atoms with Crippen LogP contribution in [0.3, 0.4) is 0 Å². The van der Waals surface area contributed by atoms with Gasteiger partial charge < -0.3 is 19.4 Å². The SMILES string of the molecule is COc1ccccc1CNC(=O)C1CCN(c2ncnc3oc(C)c(C)c23)CC1. The number of methoxy groups -OCH3 is 1. The van der Waals surface area contributed by atoms with Crippen molar-refractivity contribution in [2.75, 3.05) is 25.1 Å². The van der Waals surface area contributed by atoms with Crippen LogP contribution in [0.1, 0.15) is 29.7 Å². The molecule has 3 aromatic rings. The van der Waals surface area contributed by atoms with Crippen LogP contribution in [0.25, 0.3) is 11.1 Å². The van der Waals surface area contributed by atoms with Crippen LogP contribution in [-0.4, -0.2) is 36.1 Å². The molecule has 0 aliphatic carbocycles. The highest BCUT2D eigenvalue weighted by Gasteiger charge is 2.27. The first-order chi connectivity index (χ1) is 14.1. The van der Waals surface area contributed by atoms with Crippen molar-refractivity contribution >= 4 is 22.8 Å². The summed E-state index contributed by atoms with van der Waals surface area (Å²) in [6.07, 6.45) is 3.13. The normalized spacial score (nSPS) is 14.9. The monoisotopic (exact) mass is 394 g/mol. The lowest BCUT2D eigenvalue weighted by atomic mass is 9.95. The topological polar surface area (TPSA) is 80.5 Å². The molecule has 0 atom stereocenters. The van der Waals surface area contributed by atoms with Gasteiger partial charge in [0.05, 0.1) is 12.5 Å². The van der Waals surface area contributed by atoms with Gasteiger partial charge >= 0.3 is 0 Å². The molecule has 1 aliphatic heterocycles. The first-order valence-electron chi connectivity index (χ1n) is 9.93. The number of hydrogen-bond donors (Lipinski definition) is 1. The Morgan fingerprint density at radius 2 is 2.00 bits per heavy atom. The third kappa shape index (κ3) is 3.77. The molecule has 1 saturated heterocycles. The molecule has 4 rings (SSSR count). The number of para-hydroxylation sites is 1. The minimum Gasteiger partial charge on any atom is -0.496 e. The first kappa shape index (κ1) is 19.2. The highest BCUT2D eigenvalue weighted by Crippen LogP contribution is 2.32. The van der Waals surface area contributed by atoms with Gasteiger partial charge in [0.15, 0.2) is 0 Å². The number of aryl methyl sites for hydroxylation is 2. The molecule has 1 N–H and O–H groups in total. The van der Waals surface area contributed by atoms with E-state index in [2.05, 4.69) is 20.2 Å². The lowest BCUT2D eigenvalue weighted by Crippen LogP contribution is -2.40. The number of benzene rings is 1. The van der Waals surface area contributed by atoms with Crippen LogP contribution in [0, 0.1) is 19.8 Å². The number of ether oxygens (including phenoxy) is 1. The summed E-state index contributed by atoms with van der Waals surface area (Å²) in [4.78, 5) is 23.7. The highest BCUT2D eigenvalue weighted by molar-refractivity contribution is 5.90. The van der Waals surface area contributed by atoms with Gasteiger partial charge in [0.1, 0.15) is 23.7 Å². The molecule has 0 bridgehead atoms. The molecular weight excluding hydrogens is 368 g/mol. The predicted octanol–water partition coefficient (Wildman–Crippen LogP) is 3.38. The zero-order chi connectivity index (χ0) is 20.4. The number of nitrogens with zero attached hydrogens (tertiary/aromatic N) is 3. The van der Waals surface area contributed by atoms with Crippen molar-refractivity contribution in [3.8, 4) is 5.75 Å². The molecule has 2 aromatic heterocycles. The van der Waals surface area contributed by atoms with Crippen molar-refractivity contribution in [2.45, 2.75) is 33.2 Å². The standard InChI is InChI=1S/C22H26N4O3/c1-14-15(2)29-22-19(14)20(24-13-25-22)26-10-8-16(9-11-26)21(27)23-12-17-6-4-5-7-18(17)28-3/h4-7,13,16H,8-12H2,1-3H3,(H,23,27). The van der Waals surface area contributed by atoms with E-state index in [1.54, 1.807) is 13.4 Å². The second-order valence-electron chi connectivity index (χ2n) is 7.45. The highest BCUT2D eigenvalue weighted by atomic mass is 16.5. The first-order valence-corrected chi connectivity index (χ1v) is 9.93. The molecule has 7 heteroatoms. The van der Waals surface area contributed by atoms with E-state index in [0.717, 1.165) is 59.8 Å². The third-order valence-corrected chi connectivity index (χ3v) is 5.76. The van der Waals surface area contributed by atoms with E-state index in [4.69, 9.17) is 9.15 Å². The van der Waals surface area contributed by atoms with Gasteiger partial charge in [-0.25, -0.2) is 9.97 Å². The molecular formula is C22H26N4O3. The smallest absolute Gasteiger partial charge is 0.231 e. The summed E-state index contributed by atoms with van der Waals surface area (Å²) < 4.78 is 11.1. The molecule has 152 valence electrons. The summed E-state index contributed by atoms with van der Waals surface area (Å²) in [5.41, 5.74) is 2.68. The summed E-state index contributed by atoms with van der Waals surface area (Å²) >= 11 is 0. The Hall–Kier alpha value is -3.09. The molecule has 0 saturated carbocycles. The van der Waals surface area contributed by atoms with Gasteiger partial charge in [0.25, 0.3) is 0 Å². The van der Waals surface area contributed by atoms with Crippen LogP contribution in [0.5, 0.6) is 5.75 Å². The molecule has 1 aromatic carbocycles. The number of nitrogens with one attached hydrogen (secondary N) is 1. The molecule has 3 heterocycles. The van der Waals surface area contributed by atoms with E-state index >= 15 is 0 Å². The van der Waals surface area contributed by atoms with Crippen molar-refractivity contribution in [2.24, 2.45) is 5.92 Å². The van der Waals surface area contributed by atoms with E-state index in [0.29, 0.717) is 12.3 Å². The number of aromatic nitrogens is 2. The van der Waals surface area contributed by atoms with Gasteiger partial charge in [-0.1, -0.05) is 18.2 Å². The Morgan fingerprint density at radius 3 is 2.76 bits per heavy atom. The van der Waals surface area contributed by atoms with Crippen LogP contribution < -0.4 is 15.0 Å². The summed E-state index contributed by atoms with van der Waals surface area (Å²) in [6, 6.07) is 7.75. The predicted molar refractivity (Wildman–Crippen MR) is 111 cm³/mol. The largest absolute Gasteiger partial charge is 0.496 e. The number of carbonyl (C=O) groups is 1. The summed E-state index contributed by atoms with van der Waals surface area (Å²) in [6.45, 7) is 6.01. The quantitative estimate of drug-likeness (QED) is 0.715. The Kier molecular flexibility index (Phi) is 5.38. The number of rotatable bonds is 5. The van der Waals surface area contributed by atoms with E-state index in [-0.39, 0.29) is 11.8 Å². The summed E-state index contributed by atoms with van der Waals surface area (Å²) in [7, 11) is 1.64. The van der Waals surface area contributed by atoms with Crippen LogP contribution in [0.15, 0.2) is 35.0 Å². The van der Waals surface area contributed by atoms with Gasteiger partial charge in [0.2, 0.25) is 11.6 Å². The zero-order valence-electron chi connectivity index (χ0n) is 17.1. The number of fused-ring (bicyclic) bond motifs is 1. The van der Waals surface area contributed by atoms with E-state index < -0.39 is 0 Å². The number of piperidine rings is 1. The average molecular weight is 394 g/mol. The van der Waals surface area contributed by atoms with E-state index in [1.165, 1.54) is 0 Å². The fourth-order valence-electron chi connectivity index (χ4n) is 3.93. The second-order valence-corrected chi connectivity index (χ2v) is 7.45. The van der Waals surface area contributed by atoms with Crippen molar-refractivity contribution in [1.82, 2.24) is 15.3 Å². The fourth-order valence-corrected chi connectivity index (χ4v) is 3.93. The van der Waals surface area contributed by atoms with E-state index in [9.17, 15) is 4.79 Å². The molecule has 29 heavy (non-hydrogen) atoms. The van der Waals surface area contributed by atoms with E-state index in [1.807, 2.05) is 38.1 Å². The number of hydrogen-bond acceptors (Lipinski definition) is 6. The maximum atomic E-state index is 12.7. The fraction of sp³-hybridized carbons (Fsp3) is 0.409. The third-order valence-electron chi connectivity index (χ3n) is 5.76. The number of carbonyl (C=O) groups excluding carboxylic acids is 1. The van der Waals surface area contributed by atoms with Crippen molar-refractivity contribution < 1.29 is 13.9 Å². The van der Waals surface area contributed by atoms with Crippen molar-refractivity contribution in [3.63, 3.8) is 0 Å². The molecule has 1 amide bonds. The Labute approximate surface area is 170 Å². The minimum absolute atomic E-state index is 0.00506. The Bertz CT molecular complexity index is 1020. The molecule has 1 aliphatic rings. The van der Waals surface area contributed by atoms with Gasteiger partial charge in [0, 0.05) is 36.7 Å². The number of furan rings is 1. The lowest BCUT2D eigenvalue weighted by Gasteiger charge is -2.32. The van der Waals surface area contributed by atoms with Crippen molar-refractivity contribution in [3.05, 3.63) is 47.5 Å². The van der Waals surface area contributed by atoms with Gasteiger partial charge in [-0.15, -0.1) is 0 Å². The van der Waals surface area contributed by atoms with Crippen LogP contribution in [0.4, 0.5) is 5.82 Å². The number of anilines is 1. The summed E-state index contributed by atoms with van der Waals surface area (Å²) in [5, 5.41) is 4.04. The van der Waals surface area contributed by atoms with Crippen LogP contribution in [-0.2, 0) is 11.3 Å². The summed E-state index contributed by atoms with van der Waals surface area (Å²) in [5.74, 6) is 2.66. The number of amides is 1.